The van der Waals surface area contributed by atoms with Gasteiger partial charge in [-0.05, 0) is 99.4 Å². The van der Waals surface area contributed by atoms with Crippen LogP contribution < -0.4 is 0 Å². The number of carbonyl (C=O) groups excluding carboxylic acids is 3. The van der Waals surface area contributed by atoms with Crippen molar-refractivity contribution in [2.75, 3.05) is 13.2 Å². The molecule has 0 aliphatic rings. The number of Topliss-reactive ketones (excluding diaryl/α,β-unsaturated/α-hetero) is 1. The molecule has 0 aromatic heterocycles. The van der Waals surface area contributed by atoms with Crippen LogP contribution in [0.2, 0.25) is 0 Å². The van der Waals surface area contributed by atoms with Gasteiger partial charge in [0.25, 0.3) is 0 Å². The van der Waals surface area contributed by atoms with Crippen LogP contribution in [-0.2, 0) is 14.3 Å². The van der Waals surface area contributed by atoms with Gasteiger partial charge in [0.15, 0.2) is 0 Å². The summed E-state index contributed by atoms with van der Waals surface area (Å²) in [6.07, 6.45) is 6.89. The molecule has 1 N–H and O–H groups in total. The molecule has 0 unspecified atom stereocenters. The molecule has 0 aliphatic carbocycles. The molecule has 8 heteroatoms. The van der Waals surface area contributed by atoms with E-state index in [9.17, 15) is 19.5 Å². The van der Waals surface area contributed by atoms with E-state index in [2.05, 4.69) is 45.7 Å². The normalized spacial score (nSPS) is 14.8. The zero-order valence-corrected chi connectivity index (χ0v) is 28.5. The predicted molar refractivity (Wildman–Crippen MR) is 174 cm³/mol. The molecule has 0 amide bonds. The number of halogens is 2. The Hall–Kier alpha value is -2.03. The summed E-state index contributed by atoms with van der Waals surface area (Å²) in [7, 11) is 0. The summed E-state index contributed by atoms with van der Waals surface area (Å²) >= 11 is 6.70. The van der Waals surface area contributed by atoms with E-state index in [1.165, 1.54) is 0 Å². The molecular weight excluding hydrogens is 664 g/mol. The maximum Gasteiger partial charge on any atom is 0.338 e. The van der Waals surface area contributed by atoms with Gasteiger partial charge < -0.3 is 14.6 Å². The first-order valence-electron chi connectivity index (χ1n) is 15.0. The maximum absolute atomic E-state index is 12.6. The van der Waals surface area contributed by atoms with E-state index in [1.54, 1.807) is 36.4 Å². The zero-order chi connectivity index (χ0) is 31.1. The summed E-state index contributed by atoms with van der Waals surface area (Å²) < 4.78 is 12.6. The highest BCUT2D eigenvalue weighted by Gasteiger charge is 2.21. The fraction of sp³-hybridized carbons (Fsp3) is 0.559. The highest BCUT2D eigenvalue weighted by atomic mass is 79.9. The minimum absolute atomic E-state index is 0.151. The minimum Gasteiger partial charge on any atom is -0.462 e. The van der Waals surface area contributed by atoms with E-state index in [0.29, 0.717) is 42.9 Å². The number of rotatable bonds is 19. The second kappa shape index (κ2) is 18.6. The van der Waals surface area contributed by atoms with Crippen molar-refractivity contribution in [3.8, 4) is 0 Å². The molecule has 2 rings (SSSR count). The average molecular weight is 711 g/mol. The number of hydrogen-bond acceptors (Lipinski definition) is 6. The Morgan fingerprint density at radius 3 is 1.74 bits per heavy atom. The first-order chi connectivity index (χ1) is 19.9. The molecule has 0 bridgehead atoms. The highest BCUT2D eigenvalue weighted by molar-refractivity contribution is 9.10. The average Bonchev–Trinajstić information content (AvgIpc) is 2.95. The Bertz CT molecular complexity index is 1110. The summed E-state index contributed by atoms with van der Waals surface area (Å²) in [5.74, 6) is -0.0252. The van der Waals surface area contributed by atoms with Crippen LogP contribution in [0.4, 0.5) is 0 Å². The monoisotopic (exact) mass is 708 g/mol. The topological polar surface area (TPSA) is 89.9 Å². The van der Waals surface area contributed by atoms with E-state index in [1.807, 2.05) is 26.0 Å². The summed E-state index contributed by atoms with van der Waals surface area (Å²) in [5, 5.41) is 10.8. The van der Waals surface area contributed by atoms with Crippen molar-refractivity contribution < 1.29 is 29.0 Å². The molecule has 4 atom stereocenters. The van der Waals surface area contributed by atoms with E-state index in [4.69, 9.17) is 9.47 Å². The van der Waals surface area contributed by atoms with Gasteiger partial charge in [-0.25, -0.2) is 9.59 Å². The number of benzene rings is 2. The fourth-order valence-electron chi connectivity index (χ4n) is 4.70. The number of ether oxygens (including phenoxy) is 2. The molecule has 0 aliphatic heterocycles. The van der Waals surface area contributed by atoms with Crippen LogP contribution in [0.1, 0.15) is 106 Å². The third kappa shape index (κ3) is 14.4. The van der Waals surface area contributed by atoms with Gasteiger partial charge in [0.2, 0.25) is 0 Å². The summed E-state index contributed by atoms with van der Waals surface area (Å²) in [6, 6.07) is 14.1. The number of ketones is 1. The molecule has 6 nitrogen and oxygen atoms in total. The Morgan fingerprint density at radius 2 is 1.21 bits per heavy atom. The molecule has 232 valence electrons. The van der Waals surface area contributed by atoms with Crippen LogP contribution in [0.5, 0.6) is 0 Å². The van der Waals surface area contributed by atoms with Gasteiger partial charge in [0.1, 0.15) is 5.78 Å². The first-order valence-corrected chi connectivity index (χ1v) is 16.6. The lowest BCUT2D eigenvalue weighted by Crippen LogP contribution is -2.24. The van der Waals surface area contributed by atoms with E-state index in [-0.39, 0.29) is 36.2 Å². The van der Waals surface area contributed by atoms with Gasteiger partial charge in [-0.1, -0.05) is 71.9 Å². The molecular formula is C34H46Br2O6. The van der Waals surface area contributed by atoms with Crippen LogP contribution in [0, 0.1) is 17.8 Å². The first kappa shape index (κ1) is 36.2. The largest absolute Gasteiger partial charge is 0.462 e. The SMILES string of the molecule is C[C@H](CCC[C@@](C)(O)CCC[C@@H](C)COC(=O)c1ccc(Br)cc1)CCC(=O)[C@H](C)CCOC(=O)c1ccc(Br)cc1. The van der Waals surface area contributed by atoms with Crippen molar-refractivity contribution in [1.29, 1.82) is 0 Å². The van der Waals surface area contributed by atoms with Crippen LogP contribution in [0.25, 0.3) is 0 Å². The standard InChI is InChI=1S/C34H46Br2O6/c1-24(9-18-31(37)26(3)19-22-41-32(38)27-10-14-29(35)15-11-27)7-5-20-34(4,40)21-6-8-25(2)23-42-33(39)28-12-16-30(36)17-13-28/h10-17,24-26,40H,5-9,18-23H2,1-4H3/t24-,25-,26-,34-/m1/s1. The van der Waals surface area contributed by atoms with Crippen molar-refractivity contribution >= 4 is 49.6 Å². The van der Waals surface area contributed by atoms with Crippen molar-refractivity contribution in [2.45, 2.75) is 91.1 Å². The lowest BCUT2D eigenvalue weighted by atomic mass is 9.88. The Kier molecular flexibility index (Phi) is 16.0. The zero-order valence-electron chi connectivity index (χ0n) is 25.4. The smallest absolute Gasteiger partial charge is 0.338 e. The quantitative estimate of drug-likeness (QED) is 0.147. The van der Waals surface area contributed by atoms with E-state index >= 15 is 0 Å². The Labute approximate surface area is 268 Å². The third-order valence-corrected chi connectivity index (χ3v) is 8.76. The second-order valence-corrected chi connectivity index (χ2v) is 13.8. The predicted octanol–water partition coefficient (Wildman–Crippen LogP) is 8.96. The summed E-state index contributed by atoms with van der Waals surface area (Å²) in [6.45, 7) is 8.59. The van der Waals surface area contributed by atoms with Crippen LogP contribution in [0.15, 0.2) is 57.5 Å². The molecule has 0 saturated heterocycles. The van der Waals surface area contributed by atoms with Crippen LogP contribution >= 0.6 is 31.9 Å². The minimum atomic E-state index is -0.731. The van der Waals surface area contributed by atoms with Crippen molar-refractivity contribution in [3.63, 3.8) is 0 Å². The van der Waals surface area contributed by atoms with Crippen molar-refractivity contribution in [3.05, 3.63) is 68.6 Å². The maximum atomic E-state index is 12.6. The van der Waals surface area contributed by atoms with Gasteiger partial charge in [-0.3, -0.25) is 4.79 Å². The number of aliphatic hydroxyl groups is 1. The summed E-state index contributed by atoms with van der Waals surface area (Å²) in [5.41, 5.74) is 0.304. The Morgan fingerprint density at radius 1 is 0.738 bits per heavy atom. The van der Waals surface area contributed by atoms with E-state index in [0.717, 1.165) is 47.5 Å². The van der Waals surface area contributed by atoms with Crippen LogP contribution in [-0.4, -0.2) is 41.6 Å². The van der Waals surface area contributed by atoms with Gasteiger partial charge >= 0.3 is 11.9 Å². The van der Waals surface area contributed by atoms with E-state index < -0.39 is 5.60 Å². The molecule has 0 saturated carbocycles. The van der Waals surface area contributed by atoms with Gasteiger partial charge in [0, 0.05) is 21.3 Å². The molecule has 0 fully saturated rings. The molecule has 42 heavy (non-hydrogen) atoms. The molecule has 2 aromatic carbocycles. The van der Waals surface area contributed by atoms with Gasteiger partial charge in [0.05, 0.1) is 29.9 Å². The number of hydrogen-bond donors (Lipinski definition) is 1. The van der Waals surface area contributed by atoms with Gasteiger partial charge in [-0.2, -0.15) is 0 Å². The summed E-state index contributed by atoms with van der Waals surface area (Å²) in [4.78, 5) is 36.9. The number of esters is 2. The molecule has 0 radical (unpaired) electrons. The third-order valence-electron chi connectivity index (χ3n) is 7.70. The highest BCUT2D eigenvalue weighted by Crippen LogP contribution is 2.25. The number of carbonyl (C=O) groups is 3. The molecule has 0 heterocycles. The molecule has 0 spiro atoms. The van der Waals surface area contributed by atoms with Crippen molar-refractivity contribution in [2.24, 2.45) is 17.8 Å². The molecule has 2 aromatic rings. The Balaban J connectivity index is 1.54. The lowest BCUT2D eigenvalue weighted by Gasteiger charge is -2.25. The van der Waals surface area contributed by atoms with Gasteiger partial charge in [-0.15, -0.1) is 0 Å². The second-order valence-electron chi connectivity index (χ2n) is 11.9. The van der Waals surface area contributed by atoms with Crippen molar-refractivity contribution in [1.82, 2.24) is 0 Å². The fourth-order valence-corrected chi connectivity index (χ4v) is 5.23. The van der Waals surface area contributed by atoms with Crippen LogP contribution in [0.3, 0.4) is 0 Å². The lowest BCUT2D eigenvalue weighted by molar-refractivity contribution is -0.123.